The Bertz CT molecular complexity index is 846. The second-order valence-corrected chi connectivity index (χ2v) is 5.61. The number of fused-ring (bicyclic) bond motifs is 1. The van der Waals surface area contributed by atoms with Gasteiger partial charge in [0.05, 0.1) is 6.20 Å². The van der Waals surface area contributed by atoms with E-state index in [0.29, 0.717) is 11.8 Å². The van der Waals surface area contributed by atoms with Gasteiger partial charge >= 0.3 is 0 Å². The van der Waals surface area contributed by atoms with E-state index in [4.69, 9.17) is 0 Å². The van der Waals surface area contributed by atoms with E-state index in [1.807, 2.05) is 24.3 Å². The molecular weight excluding hydrogens is 286 g/mol. The van der Waals surface area contributed by atoms with E-state index in [1.165, 1.54) is 16.8 Å². The highest BCUT2D eigenvalue weighted by molar-refractivity contribution is 5.67. The lowest BCUT2D eigenvalue weighted by Gasteiger charge is -2.17. The van der Waals surface area contributed by atoms with E-state index in [9.17, 15) is 0 Å². The first-order chi connectivity index (χ1) is 11.3. The molecule has 0 spiro atoms. The average Bonchev–Trinajstić information content (AvgIpc) is 3.01. The van der Waals surface area contributed by atoms with Gasteiger partial charge in [0.25, 0.3) is 5.95 Å². The van der Waals surface area contributed by atoms with Crippen molar-refractivity contribution in [2.45, 2.75) is 13.3 Å². The summed E-state index contributed by atoms with van der Waals surface area (Å²) in [6.07, 6.45) is 2.66. The molecule has 2 aromatic carbocycles. The van der Waals surface area contributed by atoms with Crippen molar-refractivity contribution in [2.75, 3.05) is 16.8 Å². The lowest BCUT2D eigenvalue weighted by molar-refractivity contribution is 0.887. The zero-order valence-electron chi connectivity index (χ0n) is 12.9. The molecule has 1 N–H and O–H groups in total. The van der Waals surface area contributed by atoms with E-state index in [1.54, 1.807) is 6.20 Å². The van der Waals surface area contributed by atoms with Gasteiger partial charge in [0, 0.05) is 17.9 Å². The van der Waals surface area contributed by atoms with Crippen LogP contribution >= 0.6 is 0 Å². The number of nitrogens with one attached hydrogen (secondary N) is 1. The van der Waals surface area contributed by atoms with Crippen LogP contribution in [-0.2, 0) is 6.42 Å². The minimum absolute atomic E-state index is 0.633. The van der Waals surface area contributed by atoms with Crippen molar-refractivity contribution in [1.29, 1.82) is 0 Å². The third kappa shape index (κ3) is 2.61. The minimum Gasteiger partial charge on any atom is -0.339 e. The Balaban J connectivity index is 1.64. The van der Waals surface area contributed by atoms with E-state index in [-0.39, 0.29) is 0 Å². The molecule has 0 saturated heterocycles. The van der Waals surface area contributed by atoms with E-state index >= 15 is 0 Å². The number of benzene rings is 2. The molecule has 23 heavy (non-hydrogen) atoms. The summed E-state index contributed by atoms with van der Waals surface area (Å²) in [7, 11) is 0. The van der Waals surface area contributed by atoms with E-state index in [2.05, 4.69) is 56.6 Å². The van der Waals surface area contributed by atoms with Crippen LogP contribution in [0.25, 0.3) is 0 Å². The lowest BCUT2D eigenvalue weighted by Crippen LogP contribution is -2.17. The van der Waals surface area contributed by atoms with Crippen LogP contribution in [0.3, 0.4) is 0 Å². The zero-order chi connectivity index (χ0) is 15.6. The molecule has 5 heteroatoms. The Morgan fingerprint density at radius 3 is 2.78 bits per heavy atom. The molecular formula is C18H17N5. The predicted molar refractivity (Wildman–Crippen MR) is 91.4 cm³/mol. The van der Waals surface area contributed by atoms with Crippen LogP contribution in [0.15, 0.2) is 54.7 Å². The van der Waals surface area contributed by atoms with Crippen molar-refractivity contribution < 1.29 is 0 Å². The number of rotatable bonds is 3. The normalized spacial score (nSPS) is 13.0. The number of para-hydroxylation sites is 2. The van der Waals surface area contributed by atoms with Gasteiger partial charge in [-0.1, -0.05) is 36.4 Å². The molecule has 0 bridgehead atoms. The molecule has 5 nitrogen and oxygen atoms in total. The minimum atomic E-state index is 0.633. The maximum absolute atomic E-state index is 4.63. The summed E-state index contributed by atoms with van der Waals surface area (Å²) in [5, 5.41) is 11.6. The molecule has 2 heterocycles. The molecule has 0 radical (unpaired) electrons. The van der Waals surface area contributed by atoms with Gasteiger partial charge in [-0.25, -0.2) is 0 Å². The Hall–Kier alpha value is -2.95. The van der Waals surface area contributed by atoms with Crippen LogP contribution in [0, 0.1) is 6.92 Å². The molecule has 114 valence electrons. The fourth-order valence-electron chi connectivity index (χ4n) is 2.87. The summed E-state index contributed by atoms with van der Waals surface area (Å²) in [6.45, 7) is 2.95. The SMILES string of the molecule is Cc1ccccc1Nc1cnnc(N2CCc3ccccc32)n1. The highest BCUT2D eigenvalue weighted by atomic mass is 15.3. The van der Waals surface area contributed by atoms with E-state index in [0.717, 1.165) is 18.7 Å². The van der Waals surface area contributed by atoms with Crippen molar-refractivity contribution in [3.63, 3.8) is 0 Å². The van der Waals surface area contributed by atoms with Gasteiger partial charge in [-0.15, -0.1) is 5.10 Å². The molecule has 1 aliphatic rings. The molecule has 3 aromatic rings. The Morgan fingerprint density at radius 1 is 1.04 bits per heavy atom. The molecule has 0 amide bonds. The summed E-state index contributed by atoms with van der Waals surface area (Å²) >= 11 is 0. The first kappa shape index (κ1) is 13.7. The van der Waals surface area contributed by atoms with Crippen LogP contribution < -0.4 is 10.2 Å². The second kappa shape index (κ2) is 5.68. The van der Waals surface area contributed by atoms with Gasteiger partial charge in [-0.2, -0.15) is 10.1 Å². The molecule has 0 fully saturated rings. The van der Waals surface area contributed by atoms with Crippen LogP contribution in [0.4, 0.5) is 23.1 Å². The first-order valence-electron chi connectivity index (χ1n) is 7.69. The fraction of sp³-hybridized carbons (Fsp3) is 0.167. The molecule has 1 aromatic heterocycles. The number of nitrogens with zero attached hydrogens (tertiary/aromatic N) is 4. The molecule has 4 rings (SSSR count). The highest BCUT2D eigenvalue weighted by Crippen LogP contribution is 2.32. The maximum Gasteiger partial charge on any atom is 0.251 e. The van der Waals surface area contributed by atoms with Gasteiger partial charge in [0.15, 0.2) is 5.82 Å². The van der Waals surface area contributed by atoms with Crippen LogP contribution in [0.5, 0.6) is 0 Å². The standard InChI is InChI=1S/C18H17N5/c1-13-6-2-4-8-15(13)20-17-12-19-22-18(21-17)23-11-10-14-7-3-5-9-16(14)23/h2-9,12H,10-11H2,1H3,(H,20,21,22). The lowest BCUT2D eigenvalue weighted by atomic mass is 10.2. The molecule has 0 atom stereocenters. The Labute approximate surface area is 135 Å². The monoisotopic (exact) mass is 303 g/mol. The number of aryl methyl sites for hydroxylation is 1. The second-order valence-electron chi connectivity index (χ2n) is 5.61. The summed E-state index contributed by atoms with van der Waals surface area (Å²) in [5.74, 6) is 1.34. The molecule has 1 aliphatic heterocycles. The predicted octanol–water partition coefficient (Wildman–Crippen LogP) is 3.62. The Kier molecular flexibility index (Phi) is 3.38. The van der Waals surface area contributed by atoms with Crippen molar-refractivity contribution in [1.82, 2.24) is 15.2 Å². The van der Waals surface area contributed by atoms with Crippen LogP contribution in [0.1, 0.15) is 11.1 Å². The third-order valence-corrected chi connectivity index (χ3v) is 4.08. The summed E-state index contributed by atoms with van der Waals surface area (Å²) in [4.78, 5) is 6.75. The van der Waals surface area contributed by atoms with Gasteiger partial charge < -0.3 is 10.2 Å². The van der Waals surface area contributed by atoms with Gasteiger partial charge in [-0.05, 0) is 36.6 Å². The zero-order valence-corrected chi connectivity index (χ0v) is 12.9. The highest BCUT2D eigenvalue weighted by Gasteiger charge is 2.22. The fourth-order valence-corrected chi connectivity index (χ4v) is 2.87. The van der Waals surface area contributed by atoms with Crippen molar-refractivity contribution in [3.05, 3.63) is 65.9 Å². The van der Waals surface area contributed by atoms with E-state index < -0.39 is 0 Å². The maximum atomic E-state index is 4.63. The molecule has 0 unspecified atom stereocenters. The van der Waals surface area contributed by atoms with Gasteiger partial charge in [-0.3, -0.25) is 0 Å². The van der Waals surface area contributed by atoms with Crippen molar-refractivity contribution in [3.8, 4) is 0 Å². The quantitative estimate of drug-likeness (QED) is 0.801. The summed E-state index contributed by atoms with van der Waals surface area (Å²) < 4.78 is 0. The molecule has 0 aliphatic carbocycles. The Morgan fingerprint density at radius 2 is 1.87 bits per heavy atom. The number of aromatic nitrogens is 3. The average molecular weight is 303 g/mol. The van der Waals surface area contributed by atoms with Gasteiger partial charge in [0.2, 0.25) is 0 Å². The van der Waals surface area contributed by atoms with Crippen molar-refractivity contribution in [2.24, 2.45) is 0 Å². The first-order valence-corrected chi connectivity index (χ1v) is 7.69. The summed E-state index contributed by atoms with van der Waals surface area (Å²) in [5.41, 5.74) is 4.69. The third-order valence-electron chi connectivity index (χ3n) is 4.08. The number of hydrogen-bond acceptors (Lipinski definition) is 5. The number of anilines is 4. The molecule has 0 saturated carbocycles. The van der Waals surface area contributed by atoms with Crippen molar-refractivity contribution >= 4 is 23.1 Å². The smallest absolute Gasteiger partial charge is 0.251 e. The van der Waals surface area contributed by atoms with Crippen LogP contribution in [0.2, 0.25) is 0 Å². The number of hydrogen-bond donors (Lipinski definition) is 1. The van der Waals surface area contributed by atoms with Crippen LogP contribution in [-0.4, -0.2) is 21.7 Å². The largest absolute Gasteiger partial charge is 0.339 e. The van der Waals surface area contributed by atoms with Gasteiger partial charge in [0.1, 0.15) is 0 Å². The topological polar surface area (TPSA) is 53.9 Å². The summed E-state index contributed by atoms with van der Waals surface area (Å²) in [6, 6.07) is 16.5.